The highest BCUT2D eigenvalue weighted by molar-refractivity contribution is 6.16. The van der Waals surface area contributed by atoms with Gasteiger partial charge in [-0.05, 0) is 35.7 Å². The van der Waals surface area contributed by atoms with E-state index in [4.69, 9.17) is 0 Å². The maximum Gasteiger partial charge on any atom is 0.573 e. The molecule has 2 aromatic carbocycles. The van der Waals surface area contributed by atoms with Crippen LogP contribution in [0.2, 0.25) is 0 Å². The Labute approximate surface area is 171 Å². The number of rotatable bonds is 6. The molecule has 0 radical (unpaired) electrons. The number of amides is 1. The number of hydrogen-bond donors (Lipinski definition) is 1. The van der Waals surface area contributed by atoms with E-state index in [0.29, 0.717) is 5.56 Å². The third-order valence-corrected chi connectivity index (χ3v) is 4.57. The zero-order chi connectivity index (χ0) is 22.1. The number of hydrogen-bond acceptors (Lipinski definition) is 4. The molecule has 3 rings (SSSR count). The van der Waals surface area contributed by atoms with Gasteiger partial charge in [-0.15, -0.1) is 13.2 Å². The highest BCUT2D eigenvalue weighted by Gasteiger charge is 2.44. The molecule has 0 aromatic heterocycles. The summed E-state index contributed by atoms with van der Waals surface area (Å²) < 4.78 is 41.1. The molecule has 1 aliphatic heterocycles. The summed E-state index contributed by atoms with van der Waals surface area (Å²) in [4.78, 5) is 26.9. The lowest BCUT2D eigenvalue weighted by atomic mass is 9.92. The molecule has 1 heterocycles. The number of anilines is 1. The number of aliphatic hydroxyl groups is 1. The van der Waals surface area contributed by atoms with E-state index in [1.54, 1.807) is 30.3 Å². The first-order valence-corrected chi connectivity index (χ1v) is 9.29. The molecule has 2 aromatic rings. The number of nitrogens with zero attached hydrogens (tertiary/aromatic N) is 1. The maximum atomic E-state index is 12.9. The lowest BCUT2D eigenvalue weighted by Crippen LogP contribution is -2.31. The minimum Gasteiger partial charge on any atom is -0.503 e. The predicted octanol–water partition coefficient (Wildman–Crippen LogP) is 5.10. The molecule has 1 aliphatic rings. The first kappa shape index (κ1) is 21.4. The van der Waals surface area contributed by atoms with Crippen molar-refractivity contribution in [3.8, 4) is 5.75 Å². The van der Waals surface area contributed by atoms with Crippen molar-refractivity contribution in [1.82, 2.24) is 0 Å². The number of Topliss-reactive ketones (excluding diaryl/α,β-unsaturated/α-hetero) is 1. The van der Waals surface area contributed by atoms with Crippen LogP contribution in [0.3, 0.4) is 0 Å². The average molecular weight is 419 g/mol. The smallest absolute Gasteiger partial charge is 0.503 e. The van der Waals surface area contributed by atoms with Gasteiger partial charge in [-0.2, -0.15) is 0 Å². The summed E-state index contributed by atoms with van der Waals surface area (Å²) >= 11 is 0. The maximum absolute atomic E-state index is 12.9. The second kappa shape index (κ2) is 8.22. The van der Waals surface area contributed by atoms with E-state index in [-0.39, 0.29) is 29.4 Å². The van der Waals surface area contributed by atoms with Crippen LogP contribution in [0.4, 0.5) is 18.9 Å². The van der Waals surface area contributed by atoms with Crippen LogP contribution >= 0.6 is 0 Å². The quantitative estimate of drug-likeness (QED) is 0.708. The number of aliphatic hydroxyl groups excluding tert-OH is 1. The van der Waals surface area contributed by atoms with Crippen molar-refractivity contribution in [1.29, 1.82) is 0 Å². The van der Waals surface area contributed by atoms with Gasteiger partial charge in [0.15, 0.2) is 11.5 Å². The minimum absolute atomic E-state index is 0.0113. The molecule has 0 fully saturated rings. The van der Waals surface area contributed by atoms with Crippen molar-refractivity contribution in [2.45, 2.75) is 32.7 Å². The Morgan fingerprint density at radius 3 is 2.23 bits per heavy atom. The monoisotopic (exact) mass is 419 g/mol. The van der Waals surface area contributed by atoms with Gasteiger partial charge in [0.05, 0.1) is 11.6 Å². The van der Waals surface area contributed by atoms with Crippen LogP contribution < -0.4 is 9.64 Å². The Hall–Kier alpha value is -3.29. The van der Waals surface area contributed by atoms with Crippen molar-refractivity contribution in [2.24, 2.45) is 5.92 Å². The Balaban J connectivity index is 2.03. The zero-order valence-electron chi connectivity index (χ0n) is 16.3. The molecule has 30 heavy (non-hydrogen) atoms. The van der Waals surface area contributed by atoms with Crippen LogP contribution in [-0.2, 0) is 9.59 Å². The van der Waals surface area contributed by atoms with Gasteiger partial charge in [0.25, 0.3) is 5.91 Å². The molecule has 0 saturated carbocycles. The highest BCUT2D eigenvalue weighted by atomic mass is 19.4. The van der Waals surface area contributed by atoms with Crippen molar-refractivity contribution in [3.05, 3.63) is 71.5 Å². The van der Waals surface area contributed by atoms with Crippen LogP contribution in [0.1, 0.15) is 31.9 Å². The molecule has 0 aliphatic carbocycles. The Morgan fingerprint density at radius 1 is 1.10 bits per heavy atom. The zero-order valence-corrected chi connectivity index (χ0v) is 16.3. The Morgan fingerprint density at radius 2 is 1.70 bits per heavy atom. The Kier molecular flexibility index (Phi) is 5.87. The summed E-state index contributed by atoms with van der Waals surface area (Å²) in [7, 11) is 0. The summed E-state index contributed by atoms with van der Waals surface area (Å²) in [6, 6.07) is 12.5. The fraction of sp³-hybridized carbons (Fsp3) is 0.273. The van der Waals surface area contributed by atoms with E-state index in [9.17, 15) is 27.9 Å². The summed E-state index contributed by atoms with van der Waals surface area (Å²) in [5, 5.41) is 10.5. The lowest BCUT2D eigenvalue weighted by Gasteiger charge is -2.27. The molecule has 1 atom stereocenters. The van der Waals surface area contributed by atoms with Crippen molar-refractivity contribution < 1.29 is 32.6 Å². The number of alkyl halides is 3. The fourth-order valence-corrected chi connectivity index (χ4v) is 3.40. The van der Waals surface area contributed by atoms with Crippen LogP contribution in [0.25, 0.3) is 0 Å². The van der Waals surface area contributed by atoms with Gasteiger partial charge in [0, 0.05) is 12.1 Å². The van der Waals surface area contributed by atoms with Crippen LogP contribution in [0, 0.1) is 5.92 Å². The van der Waals surface area contributed by atoms with Gasteiger partial charge in [-0.3, -0.25) is 14.5 Å². The molecule has 0 saturated heterocycles. The summed E-state index contributed by atoms with van der Waals surface area (Å²) in [5.41, 5.74) is 0.801. The van der Waals surface area contributed by atoms with Crippen molar-refractivity contribution in [2.75, 3.05) is 4.90 Å². The molecule has 8 heteroatoms. The summed E-state index contributed by atoms with van der Waals surface area (Å²) in [6.07, 6.45) is -4.70. The first-order valence-electron chi connectivity index (χ1n) is 9.29. The number of carbonyl (C=O) groups excluding carboxylic acids is 2. The van der Waals surface area contributed by atoms with Gasteiger partial charge >= 0.3 is 6.36 Å². The summed E-state index contributed by atoms with van der Waals surface area (Å²) in [5.74, 6) is -2.23. The number of halogens is 3. The molecule has 1 N–H and O–H groups in total. The third-order valence-electron chi connectivity index (χ3n) is 4.57. The van der Waals surface area contributed by atoms with Gasteiger partial charge in [-0.25, -0.2) is 0 Å². The van der Waals surface area contributed by atoms with E-state index in [0.717, 1.165) is 12.1 Å². The molecule has 1 amide bonds. The first-order chi connectivity index (χ1) is 14.1. The summed E-state index contributed by atoms with van der Waals surface area (Å²) in [6.45, 7) is 3.70. The van der Waals surface area contributed by atoms with Crippen molar-refractivity contribution >= 4 is 17.4 Å². The normalized spacial score (nSPS) is 17.1. The number of ketones is 1. The Bertz CT molecular complexity index is 966. The van der Waals surface area contributed by atoms with Crippen LogP contribution in [0.5, 0.6) is 5.75 Å². The largest absolute Gasteiger partial charge is 0.573 e. The predicted molar refractivity (Wildman–Crippen MR) is 104 cm³/mol. The van der Waals surface area contributed by atoms with Crippen LogP contribution in [0.15, 0.2) is 65.9 Å². The van der Waals surface area contributed by atoms with E-state index < -0.39 is 29.8 Å². The van der Waals surface area contributed by atoms with Crippen LogP contribution in [-0.4, -0.2) is 23.2 Å². The van der Waals surface area contributed by atoms with E-state index in [2.05, 4.69) is 4.74 Å². The number of ether oxygens (including phenoxy) is 1. The highest BCUT2D eigenvalue weighted by Crippen LogP contribution is 2.42. The SMILES string of the molecule is CC(C)CC(=O)C1=C(O)C(=O)N(c2ccc(OC(F)(F)F)cc2)C1c1ccccc1. The molecular formula is C22H20F3NO4. The van der Waals surface area contributed by atoms with Gasteiger partial charge in [0.1, 0.15) is 5.75 Å². The van der Waals surface area contributed by atoms with Gasteiger partial charge in [0.2, 0.25) is 0 Å². The number of benzene rings is 2. The molecule has 0 spiro atoms. The number of carbonyl (C=O) groups is 2. The van der Waals surface area contributed by atoms with Gasteiger partial charge in [-0.1, -0.05) is 44.2 Å². The second-order valence-corrected chi connectivity index (χ2v) is 7.31. The van der Waals surface area contributed by atoms with E-state index in [1.165, 1.54) is 17.0 Å². The molecule has 158 valence electrons. The van der Waals surface area contributed by atoms with Gasteiger partial charge < -0.3 is 9.84 Å². The molecule has 5 nitrogen and oxygen atoms in total. The lowest BCUT2D eigenvalue weighted by molar-refractivity contribution is -0.274. The molecule has 1 unspecified atom stereocenters. The van der Waals surface area contributed by atoms with Crippen molar-refractivity contribution in [3.63, 3.8) is 0 Å². The topological polar surface area (TPSA) is 66.8 Å². The third kappa shape index (κ3) is 4.48. The van der Waals surface area contributed by atoms with E-state index >= 15 is 0 Å². The second-order valence-electron chi connectivity index (χ2n) is 7.31. The fourth-order valence-electron chi connectivity index (χ4n) is 3.40. The average Bonchev–Trinajstić information content (AvgIpc) is 2.93. The standard InChI is InChI=1S/C22H20F3NO4/c1-13(2)12-17(27)18-19(14-6-4-3-5-7-14)26(21(29)20(18)28)15-8-10-16(11-9-15)30-22(23,24)25/h3-11,13,19,28H,12H2,1-2H3. The molecular weight excluding hydrogens is 399 g/mol. The molecule has 0 bridgehead atoms. The minimum atomic E-state index is -4.84. The van der Waals surface area contributed by atoms with E-state index in [1.807, 2.05) is 13.8 Å².